The van der Waals surface area contributed by atoms with Crippen LogP contribution in [0.4, 0.5) is 0 Å². The summed E-state index contributed by atoms with van der Waals surface area (Å²) in [7, 11) is 0. The van der Waals surface area contributed by atoms with Crippen LogP contribution in [0, 0.1) is 20.8 Å². The van der Waals surface area contributed by atoms with Gasteiger partial charge in [-0.05, 0) is 38.5 Å². The molecule has 0 aliphatic carbocycles. The van der Waals surface area contributed by atoms with Crippen molar-refractivity contribution in [3.63, 3.8) is 0 Å². The summed E-state index contributed by atoms with van der Waals surface area (Å²) in [5.41, 5.74) is 4.38. The topological polar surface area (TPSA) is 82.8 Å². The quantitative estimate of drug-likeness (QED) is 0.418. The smallest absolute Gasteiger partial charge is 0.264 e. The Balaban J connectivity index is 1.68. The third-order valence-electron chi connectivity index (χ3n) is 5.27. The SMILES string of the molecule is Cc1nc(COc2ncn(-c3cc(-c4ccnc(C(C)(C)C)n4)ccc3C)c(=O)c2C)cs1. The van der Waals surface area contributed by atoms with Gasteiger partial charge in [0.25, 0.3) is 5.56 Å². The molecule has 0 saturated heterocycles. The zero-order chi connectivity index (χ0) is 23.8. The first-order valence-corrected chi connectivity index (χ1v) is 11.6. The lowest BCUT2D eigenvalue weighted by Crippen LogP contribution is -2.23. The molecule has 0 aliphatic heterocycles. The van der Waals surface area contributed by atoms with Gasteiger partial charge in [0, 0.05) is 22.6 Å². The van der Waals surface area contributed by atoms with Gasteiger partial charge in [-0.2, -0.15) is 0 Å². The van der Waals surface area contributed by atoms with Crippen LogP contribution in [-0.4, -0.2) is 24.5 Å². The molecule has 3 aromatic heterocycles. The Morgan fingerprint density at radius 1 is 1.06 bits per heavy atom. The molecule has 0 fully saturated rings. The van der Waals surface area contributed by atoms with Crippen molar-refractivity contribution in [1.29, 1.82) is 0 Å². The van der Waals surface area contributed by atoms with Gasteiger partial charge in [-0.3, -0.25) is 9.36 Å². The van der Waals surface area contributed by atoms with E-state index in [1.165, 1.54) is 6.33 Å². The van der Waals surface area contributed by atoms with E-state index < -0.39 is 0 Å². The predicted octanol–water partition coefficient (Wildman–Crippen LogP) is 4.95. The Kier molecular flexibility index (Phi) is 6.12. The van der Waals surface area contributed by atoms with E-state index in [1.54, 1.807) is 29.0 Å². The first kappa shape index (κ1) is 22.8. The number of ether oxygens (including phenoxy) is 1. The van der Waals surface area contributed by atoms with Crippen LogP contribution in [-0.2, 0) is 12.0 Å². The molecule has 0 bridgehead atoms. The van der Waals surface area contributed by atoms with Crippen molar-refractivity contribution in [1.82, 2.24) is 24.5 Å². The molecule has 0 radical (unpaired) electrons. The van der Waals surface area contributed by atoms with Gasteiger partial charge in [0.05, 0.1) is 27.6 Å². The average molecular weight is 462 g/mol. The summed E-state index contributed by atoms with van der Waals surface area (Å²) in [5.74, 6) is 1.09. The molecule has 0 atom stereocenters. The molecule has 4 rings (SSSR count). The molecular formula is C25H27N5O2S. The lowest BCUT2D eigenvalue weighted by atomic mass is 9.95. The van der Waals surface area contributed by atoms with E-state index in [9.17, 15) is 4.79 Å². The van der Waals surface area contributed by atoms with Gasteiger partial charge in [-0.15, -0.1) is 11.3 Å². The zero-order valence-electron chi connectivity index (χ0n) is 19.7. The highest BCUT2D eigenvalue weighted by molar-refractivity contribution is 7.09. The number of nitrogens with zero attached hydrogens (tertiary/aromatic N) is 5. The molecule has 0 saturated carbocycles. The van der Waals surface area contributed by atoms with Crippen LogP contribution in [0.15, 0.2) is 47.0 Å². The maximum Gasteiger partial charge on any atom is 0.264 e. The minimum absolute atomic E-state index is 0.158. The summed E-state index contributed by atoms with van der Waals surface area (Å²) in [5, 5.41) is 2.92. The Morgan fingerprint density at radius 3 is 2.55 bits per heavy atom. The molecule has 33 heavy (non-hydrogen) atoms. The zero-order valence-corrected chi connectivity index (χ0v) is 20.5. The van der Waals surface area contributed by atoms with E-state index in [1.807, 2.05) is 43.5 Å². The minimum Gasteiger partial charge on any atom is -0.471 e. The number of hydrogen-bond donors (Lipinski definition) is 0. The van der Waals surface area contributed by atoms with E-state index in [4.69, 9.17) is 9.72 Å². The van der Waals surface area contributed by atoms with Crippen LogP contribution in [0.3, 0.4) is 0 Å². The molecule has 0 N–H and O–H groups in total. The van der Waals surface area contributed by atoms with Crippen molar-refractivity contribution >= 4 is 11.3 Å². The number of thiazole rings is 1. The number of benzene rings is 1. The molecule has 8 heteroatoms. The number of hydrogen-bond acceptors (Lipinski definition) is 7. The number of aryl methyl sites for hydroxylation is 2. The molecule has 0 amide bonds. The highest BCUT2D eigenvalue weighted by Crippen LogP contribution is 2.26. The Bertz CT molecular complexity index is 1370. The van der Waals surface area contributed by atoms with E-state index in [0.717, 1.165) is 39.0 Å². The maximum absolute atomic E-state index is 13.2. The van der Waals surface area contributed by atoms with E-state index >= 15 is 0 Å². The summed E-state index contributed by atoms with van der Waals surface area (Å²) in [6, 6.07) is 7.84. The van der Waals surface area contributed by atoms with Gasteiger partial charge < -0.3 is 4.74 Å². The second kappa shape index (κ2) is 8.86. The summed E-state index contributed by atoms with van der Waals surface area (Å²) in [4.78, 5) is 31.2. The molecule has 3 heterocycles. The fraction of sp³-hybridized carbons (Fsp3) is 0.320. The van der Waals surface area contributed by atoms with Crippen LogP contribution in [0.25, 0.3) is 16.9 Å². The van der Waals surface area contributed by atoms with Gasteiger partial charge in [-0.25, -0.2) is 19.9 Å². The predicted molar refractivity (Wildman–Crippen MR) is 130 cm³/mol. The molecular weight excluding hydrogens is 434 g/mol. The Morgan fingerprint density at radius 2 is 1.85 bits per heavy atom. The summed E-state index contributed by atoms with van der Waals surface area (Å²) >= 11 is 1.56. The van der Waals surface area contributed by atoms with Crippen LogP contribution in [0.5, 0.6) is 5.88 Å². The second-order valence-corrected chi connectivity index (χ2v) is 10.1. The van der Waals surface area contributed by atoms with Gasteiger partial charge >= 0.3 is 0 Å². The van der Waals surface area contributed by atoms with Crippen molar-refractivity contribution in [3.8, 4) is 22.8 Å². The number of rotatable bonds is 5. The highest BCUT2D eigenvalue weighted by Gasteiger charge is 2.18. The first-order chi connectivity index (χ1) is 15.6. The molecule has 170 valence electrons. The van der Waals surface area contributed by atoms with Crippen LogP contribution >= 0.6 is 11.3 Å². The lowest BCUT2D eigenvalue weighted by molar-refractivity contribution is 0.286. The van der Waals surface area contributed by atoms with E-state index in [2.05, 4.69) is 35.7 Å². The Hall–Kier alpha value is -3.39. The number of aromatic nitrogens is 5. The largest absolute Gasteiger partial charge is 0.471 e. The highest BCUT2D eigenvalue weighted by atomic mass is 32.1. The third-order valence-corrected chi connectivity index (χ3v) is 6.09. The minimum atomic E-state index is -0.173. The third kappa shape index (κ3) is 4.85. The van der Waals surface area contributed by atoms with Gasteiger partial charge in [-0.1, -0.05) is 32.9 Å². The molecule has 0 aliphatic rings. The van der Waals surface area contributed by atoms with E-state index in [-0.39, 0.29) is 17.6 Å². The van der Waals surface area contributed by atoms with Crippen molar-refractivity contribution in [2.75, 3.05) is 0 Å². The summed E-state index contributed by atoms with van der Waals surface area (Å²) < 4.78 is 7.33. The van der Waals surface area contributed by atoms with Crippen molar-refractivity contribution in [2.45, 2.75) is 53.6 Å². The van der Waals surface area contributed by atoms with Crippen molar-refractivity contribution in [3.05, 3.63) is 80.2 Å². The molecule has 0 spiro atoms. The van der Waals surface area contributed by atoms with Crippen LogP contribution in [0.1, 0.15) is 48.4 Å². The Labute approximate surface area is 197 Å². The summed E-state index contributed by atoms with van der Waals surface area (Å²) in [6.07, 6.45) is 3.29. The van der Waals surface area contributed by atoms with Crippen molar-refractivity contribution in [2.24, 2.45) is 0 Å². The molecule has 0 unspecified atom stereocenters. The molecule has 4 aromatic rings. The normalized spacial score (nSPS) is 11.6. The molecule has 7 nitrogen and oxygen atoms in total. The lowest BCUT2D eigenvalue weighted by Gasteiger charge is -2.17. The average Bonchev–Trinajstić information content (AvgIpc) is 3.20. The van der Waals surface area contributed by atoms with E-state index in [0.29, 0.717) is 11.4 Å². The van der Waals surface area contributed by atoms with Crippen LogP contribution < -0.4 is 10.3 Å². The summed E-state index contributed by atoms with van der Waals surface area (Å²) in [6.45, 7) is 12.2. The van der Waals surface area contributed by atoms with Crippen LogP contribution in [0.2, 0.25) is 0 Å². The van der Waals surface area contributed by atoms with Gasteiger partial charge in [0.1, 0.15) is 18.8 Å². The maximum atomic E-state index is 13.2. The first-order valence-electron chi connectivity index (χ1n) is 10.7. The standard InChI is InChI=1S/C25H27N5O2S/c1-15-7-8-18(20-9-10-26-24(29-20)25(4,5)6)11-21(15)30-14-27-22(16(2)23(30)31)32-12-19-13-33-17(3)28-19/h7-11,13-14H,12H2,1-6H3. The molecule has 1 aromatic carbocycles. The van der Waals surface area contributed by atoms with Crippen molar-refractivity contribution < 1.29 is 4.74 Å². The second-order valence-electron chi connectivity index (χ2n) is 9.01. The van der Waals surface area contributed by atoms with Gasteiger partial charge in [0.2, 0.25) is 5.88 Å². The fourth-order valence-corrected chi connectivity index (χ4v) is 3.97. The fourth-order valence-electron chi connectivity index (χ4n) is 3.37. The monoisotopic (exact) mass is 461 g/mol. The van der Waals surface area contributed by atoms with Gasteiger partial charge in [0.15, 0.2) is 0 Å².